The van der Waals surface area contributed by atoms with Crippen molar-refractivity contribution in [3.8, 4) is 17.9 Å². The molecule has 0 saturated carbocycles. The maximum atomic E-state index is 12.9. The molecular weight excluding hydrogens is 271 g/mol. The van der Waals surface area contributed by atoms with E-state index < -0.39 is 11.7 Å². The van der Waals surface area contributed by atoms with Crippen molar-refractivity contribution in [3.05, 3.63) is 35.5 Å². The van der Waals surface area contributed by atoms with E-state index in [2.05, 4.69) is 5.32 Å². The summed E-state index contributed by atoms with van der Waals surface area (Å²) in [6.45, 7) is 1.70. The van der Waals surface area contributed by atoms with E-state index in [1.807, 2.05) is 0 Å². The maximum absolute atomic E-state index is 12.9. The van der Waals surface area contributed by atoms with Gasteiger partial charge in [0, 0.05) is 11.9 Å². The van der Waals surface area contributed by atoms with Crippen LogP contribution in [0.5, 0.6) is 5.75 Å². The molecule has 0 aromatic heterocycles. The molecule has 0 unspecified atom stereocenters. The lowest BCUT2D eigenvalue weighted by Gasteiger charge is -2.14. The zero-order valence-electron chi connectivity index (χ0n) is 10.5. The van der Waals surface area contributed by atoms with Gasteiger partial charge in [0.15, 0.2) is 0 Å². The largest absolute Gasteiger partial charge is 0.493 e. The Balaban J connectivity index is 3.11. The number of ether oxygens (including phenoxy) is 1. The van der Waals surface area contributed by atoms with Crippen molar-refractivity contribution in [1.29, 1.82) is 10.5 Å². The number of hydrogen-bond acceptors (Lipinski definition) is 4. The van der Waals surface area contributed by atoms with E-state index in [1.165, 1.54) is 12.1 Å². The minimum Gasteiger partial charge on any atom is -0.493 e. The molecule has 0 fully saturated rings. The van der Waals surface area contributed by atoms with Gasteiger partial charge in [-0.2, -0.15) is 23.7 Å². The van der Waals surface area contributed by atoms with Crippen LogP contribution in [-0.4, -0.2) is 6.61 Å². The lowest BCUT2D eigenvalue weighted by atomic mass is 10.1. The van der Waals surface area contributed by atoms with Crippen molar-refractivity contribution in [2.24, 2.45) is 0 Å². The van der Waals surface area contributed by atoms with Crippen molar-refractivity contribution in [3.63, 3.8) is 0 Å². The second-order valence-electron chi connectivity index (χ2n) is 3.57. The summed E-state index contributed by atoms with van der Waals surface area (Å²) in [7, 11) is 0. The van der Waals surface area contributed by atoms with Gasteiger partial charge in [-0.25, -0.2) is 0 Å². The molecule has 1 rings (SSSR count). The van der Waals surface area contributed by atoms with Gasteiger partial charge in [-0.3, -0.25) is 0 Å². The lowest BCUT2D eigenvalue weighted by Crippen LogP contribution is -2.09. The average molecular weight is 281 g/mol. The number of nitriles is 2. The summed E-state index contributed by atoms with van der Waals surface area (Å²) >= 11 is 0. The van der Waals surface area contributed by atoms with E-state index in [0.717, 1.165) is 12.3 Å². The minimum absolute atomic E-state index is 0.101. The van der Waals surface area contributed by atoms with Gasteiger partial charge in [0.25, 0.3) is 0 Å². The number of nitrogens with zero attached hydrogens (tertiary/aromatic N) is 2. The third-order valence-corrected chi connectivity index (χ3v) is 2.21. The van der Waals surface area contributed by atoms with E-state index in [4.69, 9.17) is 15.3 Å². The molecule has 104 valence electrons. The van der Waals surface area contributed by atoms with Crippen molar-refractivity contribution >= 4 is 5.69 Å². The number of hydrogen-bond donors (Lipinski definition) is 1. The van der Waals surface area contributed by atoms with Gasteiger partial charge in [-0.1, -0.05) is 0 Å². The number of rotatable bonds is 4. The zero-order chi connectivity index (χ0) is 15.2. The second kappa shape index (κ2) is 6.48. The molecule has 0 heterocycles. The van der Waals surface area contributed by atoms with Crippen LogP contribution < -0.4 is 10.1 Å². The molecule has 1 aromatic rings. The molecule has 0 aliphatic carbocycles. The smallest absolute Gasteiger partial charge is 0.420 e. The fourth-order valence-corrected chi connectivity index (χ4v) is 1.37. The molecule has 4 nitrogen and oxygen atoms in total. The Labute approximate surface area is 113 Å². The highest BCUT2D eigenvalue weighted by Gasteiger charge is 2.34. The normalized spacial score (nSPS) is 10.1. The molecule has 0 aliphatic heterocycles. The molecular formula is C13H10F3N3O. The van der Waals surface area contributed by atoms with Crippen LogP contribution in [0, 0.1) is 22.7 Å². The lowest BCUT2D eigenvalue weighted by molar-refractivity contribution is -0.138. The predicted molar refractivity (Wildman–Crippen MR) is 65.5 cm³/mol. The van der Waals surface area contributed by atoms with Gasteiger partial charge < -0.3 is 10.1 Å². The van der Waals surface area contributed by atoms with Crippen LogP contribution in [-0.2, 0) is 6.18 Å². The monoisotopic (exact) mass is 281 g/mol. The molecule has 0 aliphatic rings. The molecule has 0 saturated heterocycles. The number of halogens is 3. The quantitative estimate of drug-likeness (QED) is 0.858. The molecule has 0 radical (unpaired) electrons. The number of anilines is 1. The predicted octanol–water partition coefficient (Wildman–Crippen LogP) is 3.45. The first-order valence-corrected chi connectivity index (χ1v) is 5.53. The Morgan fingerprint density at radius 3 is 2.50 bits per heavy atom. The summed E-state index contributed by atoms with van der Waals surface area (Å²) in [5.41, 5.74) is -1.07. The number of alkyl halides is 3. The number of nitrogens with one attached hydrogen (secondary N) is 1. The first kappa shape index (κ1) is 15.4. The topological polar surface area (TPSA) is 68.8 Å². The maximum Gasteiger partial charge on any atom is 0.420 e. The van der Waals surface area contributed by atoms with Crippen LogP contribution in [0.4, 0.5) is 18.9 Å². The van der Waals surface area contributed by atoms with E-state index in [9.17, 15) is 13.2 Å². The zero-order valence-corrected chi connectivity index (χ0v) is 10.5. The fraction of sp³-hybridized carbons (Fsp3) is 0.231. The highest BCUT2D eigenvalue weighted by Crippen LogP contribution is 2.37. The minimum atomic E-state index is -4.56. The summed E-state index contributed by atoms with van der Waals surface area (Å²) in [6.07, 6.45) is -3.52. The van der Waals surface area contributed by atoms with Crippen LogP contribution in [0.3, 0.4) is 0 Å². The summed E-state index contributed by atoms with van der Waals surface area (Å²) in [4.78, 5) is 0. The van der Waals surface area contributed by atoms with Crippen LogP contribution >= 0.6 is 0 Å². The van der Waals surface area contributed by atoms with Crippen LogP contribution in [0.15, 0.2) is 30.0 Å². The summed E-state index contributed by atoms with van der Waals surface area (Å²) < 4.78 is 43.5. The summed E-state index contributed by atoms with van der Waals surface area (Å²) in [6, 6.07) is 6.58. The van der Waals surface area contributed by atoms with E-state index >= 15 is 0 Å². The average Bonchev–Trinajstić information content (AvgIpc) is 2.40. The van der Waals surface area contributed by atoms with Gasteiger partial charge in [0.2, 0.25) is 0 Å². The molecule has 0 spiro atoms. The van der Waals surface area contributed by atoms with Crippen LogP contribution in [0.1, 0.15) is 12.5 Å². The molecule has 1 N–H and O–H groups in total. The third-order valence-electron chi connectivity index (χ3n) is 2.21. The number of benzene rings is 1. The molecule has 0 amide bonds. The molecule has 1 aromatic carbocycles. The van der Waals surface area contributed by atoms with E-state index in [1.54, 1.807) is 19.1 Å². The Kier molecular flexibility index (Phi) is 4.99. The Bertz CT molecular complexity index is 578. The van der Waals surface area contributed by atoms with Crippen molar-refractivity contribution < 1.29 is 17.9 Å². The van der Waals surface area contributed by atoms with Crippen molar-refractivity contribution in [1.82, 2.24) is 0 Å². The molecule has 20 heavy (non-hydrogen) atoms. The Hall–Kier alpha value is -2.67. The number of allylic oxidation sites excluding steroid dienone is 1. The van der Waals surface area contributed by atoms with Crippen LogP contribution in [0.25, 0.3) is 0 Å². The van der Waals surface area contributed by atoms with Gasteiger partial charge in [0.1, 0.15) is 23.5 Å². The first-order chi connectivity index (χ1) is 9.42. The SMILES string of the molecule is CCOc1ccc(NC=C(C#N)C#N)cc1C(F)(F)F. The third kappa shape index (κ3) is 3.92. The van der Waals surface area contributed by atoms with Gasteiger partial charge in [0.05, 0.1) is 12.2 Å². The Morgan fingerprint density at radius 2 is 2.00 bits per heavy atom. The highest BCUT2D eigenvalue weighted by atomic mass is 19.4. The van der Waals surface area contributed by atoms with E-state index in [-0.39, 0.29) is 23.6 Å². The molecule has 0 atom stereocenters. The van der Waals surface area contributed by atoms with Crippen molar-refractivity contribution in [2.75, 3.05) is 11.9 Å². The van der Waals surface area contributed by atoms with Crippen molar-refractivity contribution in [2.45, 2.75) is 13.1 Å². The van der Waals surface area contributed by atoms with Crippen LogP contribution in [0.2, 0.25) is 0 Å². The van der Waals surface area contributed by atoms with Gasteiger partial charge in [-0.15, -0.1) is 0 Å². The molecule has 7 heteroatoms. The molecule has 0 bridgehead atoms. The second-order valence-corrected chi connectivity index (χ2v) is 3.57. The summed E-state index contributed by atoms with van der Waals surface area (Å²) in [5, 5.41) is 19.5. The first-order valence-electron chi connectivity index (χ1n) is 5.53. The standard InChI is InChI=1S/C13H10F3N3O/c1-2-20-12-4-3-10(5-11(12)13(14,15)16)19-8-9(6-17)7-18/h3-5,8,19H,2H2,1H3. The van der Waals surface area contributed by atoms with Gasteiger partial charge >= 0.3 is 6.18 Å². The Morgan fingerprint density at radius 1 is 1.35 bits per heavy atom. The summed E-state index contributed by atoms with van der Waals surface area (Å²) in [5.74, 6) is -0.268. The fourth-order valence-electron chi connectivity index (χ4n) is 1.37. The van der Waals surface area contributed by atoms with Gasteiger partial charge in [-0.05, 0) is 25.1 Å². The van der Waals surface area contributed by atoms with E-state index in [0.29, 0.717) is 0 Å². The highest BCUT2D eigenvalue weighted by molar-refractivity contribution is 5.55.